The molecular formula is C17H25NO. The molecule has 0 amide bonds. The predicted molar refractivity (Wildman–Crippen MR) is 79.4 cm³/mol. The molecule has 0 aliphatic heterocycles. The Morgan fingerprint density at radius 1 is 1.11 bits per heavy atom. The van der Waals surface area contributed by atoms with Crippen molar-refractivity contribution in [2.75, 3.05) is 0 Å². The lowest BCUT2D eigenvalue weighted by Crippen LogP contribution is -2.38. The maximum absolute atomic E-state index is 12.5. The number of carbonyl (C=O) groups excluding carboxylic acids is 1. The largest absolute Gasteiger partial charge is 0.327 e. The first-order chi connectivity index (χ1) is 8.89. The lowest BCUT2D eigenvalue weighted by atomic mass is 9.79. The quantitative estimate of drug-likeness (QED) is 0.823. The van der Waals surface area contributed by atoms with E-state index in [2.05, 4.69) is 32.9 Å². The SMILES string of the molecule is CC(C)(C)c1ccc(C(=O)C2CCCCC2N)cc1. The molecule has 1 aromatic rings. The van der Waals surface area contributed by atoms with Gasteiger partial charge in [-0.15, -0.1) is 0 Å². The van der Waals surface area contributed by atoms with Gasteiger partial charge in [0.1, 0.15) is 0 Å². The molecule has 0 aromatic heterocycles. The van der Waals surface area contributed by atoms with Gasteiger partial charge < -0.3 is 5.73 Å². The Labute approximate surface area is 116 Å². The average Bonchev–Trinajstić information content (AvgIpc) is 2.38. The highest BCUT2D eigenvalue weighted by molar-refractivity contribution is 5.98. The Hall–Kier alpha value is -1.15. The molecule has 1 aliphatic carbocycles. The van der Waals surface area contributed by atoms with Gasteiger partial charge in [-0.05, 0) is 23.8 Å². The summed E-state index contributed by atoms with van der Waals surface area (Å²) >= 11 is 0. The van der Waals surface area contributed by atoms with Crippen molar-refractivity contribution in [3.8, 4) is 0 Å². The van der Waals surface area contributed by atoms with Gasteiger partial charge in [-0.3, -0.25) is 4.79 Å². The van der Waals surface area contributed by atoms with Crippen LogP contribution < -0.4 is 5.73 Å². The van der Waals surface area contributed by atoms with Gasteiger partial charge in [0, 0.05) is 17.5 Å². The smallest absolute Gasteiger partial charge is 0.167 e. The second-order valence-corrected chi connectivity index (χ2v) is 6.75. The highest BCUT2D eigenvalue weighted by atomic mass is 16.1. The maximum atomic E-state index is 12.5. The molecular weight excluding hydrogens is 234 g/mol. The summed E-state index contributed by atoms with van der Waals surface area (Å²) in [5.74, 6) is 0.252. The van der Waals surface area contributed by atoms with Crippen LogP contribution in [0.25, 0.3) is 0 Å². The van der Waals surface area contributed by atoms with Gasteiger partial charge in [0.25, 0.3) is 0 Å². The second-order valence-electron chi connectivity index (χ2n) is 6.75. The van der Waals surface area contributed by atoms with Crippen molar-refractivity contribution in [1.29, 1.82) is 0 Å². The molecule has 19 heavy (non-hydrogen) atoms. The van der Waals surface area contributed by atoms with Crippen LogP contribution in [0.4, 0.5) is 0 Å². The van der Waals surface area contributed by atoms with Crippen LogP contribution in [0.1, 0.15) is 62.4 Å². The number of ketones is 1. The van der Waals surface area contributed by atoms with Crippen LogP contribution in [0.2, 0.25) is 0 Å². The molecule has 1 aliphatic rings. The van der Waals surface area contributed by atoms with Crippen LogP contribution in [0.15, 0.2) is 24.3 Å². The number of hydrogen-bond acceptors (Lipinski definition) is 2. The molecule has 0 spiro atoms. The summed E-state index contributed by atoms with van der Waals surface area (Å²) < 4.78 is 0. The zero-order chi connectivity index (χ0) is 14.0. The van der Waals surface area contributed by atoms with Crippen molar-refractivity contribution in [3.05, 3.63) is 35.4 Å². The normalized spacial score (nSPS) is 24.2. The Kier molecular flexibility index (Phi) is 4.10. The summed E-state index contributed by atoms with van der Waals surface area (Å²) in [7, 11) is 0. The van der Waals surface area contributed by atoms with Crippen LogP contribution in [0.5, 0.6) is 0 Å². The standard InChI is InChI=1S/C17H25NO/c1-17(2,3)13-10-8-12(9-11-13)16(19)14-6-4-5-7-15(14)18/h8-11,14-15H,4-7,18H2,1-3H3. The van der Waals surface area contributed by atoms with E-state index in [0.717, 1.165) is 31.2 Å². The maximum Gasteiger partial charge on any atom is 0.167 e. The second kappa shape index (κ2) is 5.46. The van der Waals surface area contributed by atoms with Crippen LogP contribution in [0, 0.1) is 5.92 Å². The molecule has 0 saturated heterocycles. The fourth-order valence-corrected chi connectivity index (χ4v) is 2.83. The summed E-state index contributed by atoms with van der Waals surface area (Å²) in [6.45, 7) is 6.54. The van der Waals surface area contributed by atoms with Crippen LogP contribution in [0.3, 0.4) is 0 Å². The number of hydrogen-bond donors (Lipinski definition) is 1. The molecule has 104 valence electrons. The Morgan fingerprint density at radius 2 is 1.68 bits per heavy atom. The van der Waals surface area contributed by atoms with E-state index >= 15 is 0 Å². The molecule has 2 N–H and O–H groups in total. The average molecular weight is 259 g/mol. The van der Waals surface area contributed by atoms with E-state index < -0.39 is 0 Å². The Bertz CT molecular complexity index is 441. The van der Waals surface area contributed by atoms with Crippen molar-refractivity contribution in [2.45, 2.75) is 57.9 Å². The van der Waals surface area contributed by atoms with Crippen molar-refractivity contribution < 1.29 is 4.79 Å². The van der Waals surface area contributed by atoms with Crippen molar-refractivity contribution >= 4 is 5.78 Å². The lowest BCUT2D eigenvalue weighted by Gasteiger charge is -2.27. The third-order valence-electron chi connectivity index (χ3n) is 4.19. The molecule has 0 radical (unpaired) electrons. The van der Waals surface area contributed by atoms with Gasteiger partial charge >= 0.3 is 0 Å². The van der Waals surface area contributed by atoms with E-state index in [-0.39, 0.29) is 23.2 Å². The third kappa shape index (κ3) is 3.24. The van der Waals surface area contributed by atoms with Gasteiger partial charge in [-0.2, -0.15) is 0 Å². The van der Waals surface area contributed by atoms with E-state index in [1.54, 1.807) is 0 Å². The molecule has 0 heterocycles. The highest BCUT2D eigenvalue weighted by Gasteiger charge is 2.29. The summed E-state index contributed by atoms with van der Waals surface area (Å²) in [6.07, 6.45) is 4.22. The number of carbonyl (C=O) groups is 1. The highest BCUT2D eigenvalue weighted by Crippen LogP contribution is 2.27. The van der Waals surface area contributed by atoms with Gasteiger partial charge in [0.05, 0.1) is 0 Å². The van der Waals surface area contributed by atoms with Crippen molar-refractivity contribution in [3.63, 3.8) is 0 Å². The molecule has 1 aromatic carbocycles. The lowest BCUT2D eigenvalue weighted by molar-refractivity contribution is 0.0871. The molecule has 0 bridgehead atoms. The molecule has 2 rings (SSSR count). The summed E-state index contributed by atoms with van der Waals surface area (Å²) in [5, 5.41) is 0. The first-order valence-electron chi connectivity index (χ1n) is 7.30. The molecule has 1 fully saturated rings. The number of benzene rings is 1. The minimum Gasteiger partial charge on any atom is -0.327 e. The fraction of sp³-hybridized carbons (Fsp3) is 0.588. The van der Waals surface area contributed by atoms with E-state index in [0.29, 0.717) is 0 Å². The monoisotopic (exact) mass is 259 g/mol. The first-order valence-corrected chi connectivity index (χ1v) is 7.30. The van der Waals surface area contributed by atoms with E-state index in [1.165, 1.54) is 5.56 Å². The fourth-order valence-electron chi connectivity index (χ4n) is 2.83. The number of Topliss-reactive ketones (excluding diaryl/α,β-unsaturated/α-hetero) is 1. The van der Waals surface area contributed by atoms with Gasteiger partial charge in [-0.1, -0.05) is 57.9 Å². The summed E-state index contributed by atoms with van der Waals surface area (Å²) in [4.78, 5) is 12.5. The van der Waals surface area contributed by atoms with E-state index in [4.69, 9.17) is 5.73 Å². The van der Waals surface area contributed by atoms with Crippen LogP contribution in [-0.4, -0.2) is 11.8 Å². The molecule has 2 unspecified atom stereocenters. The first kappa shape index (κ1) is 14.3. The molecule has 2 atom stereocenters. The van der Waals surface area contributed by atoms with E-state index in [9.17, 15) is 4.79 Å². The predicted octanol–water partition coefficient (Wildman–Crippen LogP) is 3.68. The molecule has 2 nitrogen and oxygen atoms in total. The van der Waals surface area contributed by atoms with Crippen molar-refractivity contribution in [1.82, 2.24) is 0 Å². The van der Waals surface area contributed by atoms with Gasteiger partial charge in [-0.25, -0.2) is 0 Å². The summed E-state index contributed by atoms with van der Waals surface area (Å²) in [6, 6.07) is 8.11. The van der Waals surface area contributed by atoms with E-state index in [1.807, 2.05) is 12.1 Å². The zero-order valence-corrected chi connectivity index (χ0v) is 12.3. The minimum atomic E-state index is 0.0224. The Morgan fingerprint density at radius 3 is 2.21 bits per heavy atom. The molecule has 1 saturated carbocycles. The third-order valence-corrected chi connectivity index (χ3v) is 4.19. The van der Waals surface area contributed by atoms with Crippen LogP contribution in [-0.2, 0) is 5.41 Å². The summed E-state index contributed by atoms with van der Waals surface area (Å²) in [5.41, 5.74) is 8.30. The minimum absolute atomic E-state index is 0.0224. The molecule has 2 heteroatoms. The van der Waals surface area contributed by atoms with Crippen molar-refractivity contribution in [2.24, 2.45) is 11.7 Å². The Balaban J connectivity index is 2.15. The topological polar surface area (TPSA) is 43.1 Å². The number of rotatable bonds is 2. The number of nitrogens with two attached hydrogens (primary N) is 1. The van der Waals surface area contributed by atoms with Gasteiger partial charge in [0.2, 0.25) is 0 Å². The van der Waals surface area contributed by atoms with Crippen LogP contribution >= 0.6 is 0 Å². The van der Waals surface area contributed by atoms with Gasteiger partial charge in [0.15, 0.2) is 5.78 Å². The zero-order valence-electron chi connectivity index (χ0n) is 12.3.